The molecular weight excluding hydrogens is 871 g/mol. The van der Waals surface area contributed by atoms with Gasteiger partial charge in [-0.25, -0.2) is 0 Å². The first-order chi connectivity index (χ1) is 33.7. The number of unbranched alkanes of at least 4 members (excludes halogenated alkanes) is 34. The summed E-state index contributed by atoms with van der Waals surface area (Å²) < 4.78 is 16.7. The summed E-state index contributed by atoms with van der Waals surface area (Å²) in [5, 5.41) is 54.3. The van der Waals surface area contributed by atoms with Crippen LogP contribution in [0.15, 0.2) is 24.3 Å². The number of allylic oxidation sites excluding steroid dienone is 3. The van der Waals surface area contributed by atoms with Gasteiger partial charge in [-0.3, -0.25) is 9.59 Å². The van der Waals surface area contributed by atoms with Crippen LogP contribution >= 0.6 is 0 Å². The second-order valence-corrected chi connectivity index (χ2v) is 20.3. The summed E-state index contributed by atoms with van der Waals surface area (Å²) in [5.41, 5.74) is 0. The van der Waals surface area contributed by atoms with Gasteiger partial charge in [0.1, 0.15) is 24.4 Å². The predicted octanol–water partition coefficient (Wildman–Crippen LogP) is 12.9. The summed E-state index contributed by atoms with van der Waals surface area (Å²) in [6.07, 6.45) is 46.8. The van der Waals surface area contributed by atoms with Gasteiger partial charge in [-0.2, -0.15) is 0 Å². The van der Waals surface area contributed by atoms with Crippen molar-refractivity contribution in [1.82, 2.24) is 5.32 Å². The summed E-state index contributed by atoms with van der Waals surface area (Å²) in [5.74, 6) is -0.212. The molecule has 0 bridgehead atoms. The number of ether oxygens (including phenoxy) is 3. The molecule has 6 N–H and O–H groups in total. The lowest BCUT2D eigenvalue weighted by atomic mass is 9.99. The van der Waals surface area contributed by atoms with Crippen LogP contribution in [0.2, 0.25) is 0 Å². The Kier molecular flexibility index (Phi) is 45.7. The van der Waals surface area contributed by atoms with Gasteiger partial charge in [0, 0.05) is 12.8 Å². The fraction of sp³-hybridized carbons (Fsp3) is 0.897. The van der Waals surface area contributed by atoms with Crippen LogP contribution in [0, 0.1) is 0 Å². The van der Waals surface area contributed by atoms with E-state index in [9.17, 15) is 35.1 Å². The molecule has 7 atom stereocenters. The molecule has 1 fully saturated rings. The first-order valence-electron chi connectivity index (χ1n) is 29.1. The first kappa shape index (κ1) is 65.2. The molecule has 1 rings (SSSR count). The van der Waals surface area contributed by atoms with Crippen LogP contribution in [0.25, 0.3) is 0 Å². The molecular formula is C58H109NO10. The van der Waals surface area contributed by atoms with E-state index < -0.39 is 49.5 Å². The van der Waals surface area contributed by atoms with Crippen molar-refractivity contribution in [3.05, 3.63) is 24.3 Å². The van der Waals surface area contributed by atoms with Gasteiger partial charge in [-0.15, -0.1) is 0 Å². The Bertz CT molecular complexity index is 1200. The summed E-state index contributed by atoms with van der Waals surface area (Å²) in [4.78, 5) is 25.0. The molecule has 0 aromatic rings. The normalized spacial score (nSPS) is 19.4. The highest BCUT2D eigenvalue weighted by atomic mass is 16.7. The second kappa shape index (κ2) is 48.4. The van der Waals surface area contributed by atoms with Crippen LogP contribution in [0.5, 0.6) is 0 Å². The van der Waals surface area contributed by atoms with Gasteiger partial charge in [-0.05, 0) is 57.8 Å². The molecule has 1 aliphatic heterocycles. The average Bonchev–Trinajstić information content (AvgIpc) is 3.34. The number of nitrogens with one attached hydrogen (secondary N) is 1. The SMILES string of the molecule is CCCCCCCCCCCCC/C=C/C(O)C(COC1OC(CO)C(O)C(O)C1O)NC(=O)CCCCCCCCC/C=C\CCCCCCCCOC(=O)CCCCCCCCCCCCC. The van der Waals surface area contributed by atoms with Gasteiger partial charge in [0.25, 0.3) is 0 Å². The molecule has 1 amide bonds. The number of carbonyl (C=O) groups excluding carboxylic acids is 2. The van der Waals surface area contributed by atoms with E-state index in [0.717, 1.165) is 83.5 Å². The minimum Gasteiger partial charge on any atom is -0.466 e. The predicted molar refractivity (Wildman–Crippen MR) is 283 cm³/mol. The van der Waals surface area contributed by atoms with Gasteiger partial charge >= 0.3 is 5.97 Å². The molecule has 1 saturated heterocycles. The molecule has 0 saturated carbocycles. The maximum absolute atomic E-state index is 13.0. The van der Waals surface area contributed by atoms with Crippen LogP contribution in [-0.2, 0) is 23.8 Å². The molecule has 1 heterocycles. The Morgan fingerprint density at radius 2 is 0.928 bits per heavy atom. The van der Waals surface area contributed by atoms with Crippen molar-refractivity contribution in [2.75, 3.05) is 19.8 Å². The van der Waals surface area contributed by atoms with E-state index in [1.54, 1.807) is 6.08 Å². The van der Waals surface area contributed by atoms with Gasteiger partial charge in [0.2, 0.25) is 5.91 Å². The van der Waals surface area contributed by atoms with Crippen molar-refractivity contribution in [2.45, 2.75) is 314 Å². The highest BCUT2D eigenvalue weighted by molar-refractivity contribution is 5.76. The molecule has 7 unspecified atom stereocenters. The third kappa shape index (κ3) is 38.4. The Hall–Kier alpha value is -1.86. The van der Waals surface area contributed by atoms with Crippen LogP contribution in [0.1, 0.15) is 271 Å². The summed E-state index contributed by atoms with van der Waals surface area (Å²) in [6, 6.07) is -0.818. The molecule has 406 valence electrons. The molecule has 0 aromatic carbocycles. The molecule has 0 aliphatic carbocycles. The first-order valence-corrected chi connectivity index (χ1v) is 29.1. The molecule has 11 heteroatoms. The lowest BCUT2D eigenvalue weighted by molar-refractivity contribution is -0.302. The highest BCUT2D eigenvalue weighted by Crippen LogP contribution is 2.23. The van der Waals surface area contributed by atoms with Crippen molar-refractivity contribution >= 4 is 11.9 Å². The van der Waals surface area contributed by atoms with E-state index in [0.29, 0.717) is 19.4 Å². The minimum atomic E-state index is -1.57. The number of carbonyl (C=O) groups is 2. The zero-order valence-electron chi connectivity index (χ0n) is 44.5. The Labute approximate surface area is 422 Å². The number of hydrogen-bond donors (Lipinski definition) is 6. The summed E-state index contributed by atoms with van der Waals surface area (Å²) >= 11 is 0. The molecule has 11 nitrogen and oxygen atoms in total. The zero-order valence-corrected chi connectivity index (χ0v) is 44.5. The third-order valence-corrected chi connectivity index (χ3v) is 13.8. The molecule has 0 aromatic heterocycles. The van der Waals surface area contributed by atoms with Crippen molar-refractivity contribution in [2.24, 2.45) is 0 Å². The maximum atomic E-state index is 13.0. The minimum absolute atomic E-state index is 0.0189. The van der Waals surface area contributed by atoms with E-state index in [1.807, 2.05) is 6.08 Å². The number of hydrogen-bond acceptors (Lipinski definition) is 10. The van der Waals surface area contributed by atoms with Crippen molar-refractivity contribution in [3.63, 3.8) is 0 Å². The highest BCUT2D eigenvalue weighted by Gasteiger charge is 2.44. The fourth-order valence-electron chi connectivity index (χ4n) is 9.13. The summed E-state index contributed by atoms with van der Waals surface area (Å²) in [6.45, 7) is 4.31. The maximum Gasteiger partial charge on any atom is 0.305 e. The Morgan fingerprint density at radius 1 is 0.522 bits per heavy atom. The van der Waals surface area contributed by atoms with Crippen molar-refractivity contribution in [1.29, 1.82) is 0 Å². The Balaban J connectivity index is 2.14. The summed E-state index contributed by atoms with van der Waals surface area (Å²) in [7, 11) is 0. The Morgan fingerprint density at radius 3 is 1.39 bits per heavy atom. The van der Waals surface area contributed by atoms with E-state index in [4.69, 9.17) is 14.2 Å². The van der Waals surface area contributed by atoms with Crippen LogP contribution < -0.4 is 5.32 Å². The number of aliphatic hydroxyl groups excluding tert-OH is 5. The van der Waals surface area contributed by atoms with Crippen molar-refractivity contribution in [3.8, 4) is 0 Å². The second-order valence-electron chi connectivity index (χ2n) is 20.3. The molecule has 69 heavy (non-hydrogen) atoms. The third-order valence-electron chi connectivity index (χ3n) is 13.8. The van der Waals surface area contributed by atoms with Gasteiger partial charge < -0.3 is 45.1 Å². The standard InChI is InChI=1S/C58H109NO10/c1-3-5-7-9-11-13-15-21-25-28-32-36-40-44-51(61)50(49-68-58-57(66)56(65)55(64)52(48-60)69-58)59-53(62)45-41-37-33-29-26-22-19-17-16-18-20-23-27-31-35-39-43-47-67-54(63)46-42-38-34-30-24-14-12-10-8-6-4-2/h16,18,40,44,50-52,55-58,60-61,64-66H,3-15,17,19-39,41-43,45-49H2,1-2H3,(H,59,62)/b18-16-,44-40+. The number of rotatable bonds is 50. The van der Waals surface area contributed by atoms with E-state index in [1.165, 1.54) is 161 Å². The largest absolute Gasteiger partial charge is 0.466 e. The van der Waals surface area contributed by atoms with Gasteiger partial charge in [0.15, 0.2) is 6.29 Å². The number of amides is 1. The molecule has 0 radical (unpaired) electrons. The average molecular weight is 981 g/mol. The van der Waals surface area contributed by atoms with Crippen LogP contribution in [0.3, 0.4) is 0 Å². The van der Waals surface area contributed by atoms with Crippen LogP contribution in [-0.4, -0.2) is 100 Å². The number of aliphatic hydroxyl groups is 5. The number of esters is 1. The smallest absolute Gasteiger partial charge is 0.305 e. The quantitative estimate of drug-likeness (QED) is 0.0196. The van der Waals surface area contributed by atoms with Crippen LogP contribution in [0.4, 0.5) is 0 Å². The van der Waals surface area contributed by atoms with Gasteiger partial charge in [0.05, 0.1) is 32.0 Å². The molecule has 0 spiro atoms. The lowest BCUT2D eigenvalue weighted by Gasteiger charge is -2.40. The van der Waals surface area contributed by atoms with E-state index in [-0.39, 0.29) is 18.5 Å². The lowest BCUT2D eigenvalue weighted by Crippen LogP contribution is -2.60. The van der Waals surface area contributed by atoms with Gasteiger partial charge in [-0.1, -0.05) is 224 Å². The van der Waals surface area contributed by atoms with E-state index >= 15 is 0 Å². The fourth-order valence-corrected chi connectivity index (χ4v) is 9.13. The monoisotopic (exact) mass is 980 g/mol. The van der Waals surface area contributed by atoms with E-state index in [2.05, 4.69) is 31.3 Å². The zero-order chi connectivity index (χ0) is 50.3. The topological polar surface area (TPSA) is 175 Å². The molecule has 1 aliphatic rings. The van der Waals surface area contributed by atoms with Crippen molar-refractivity contribution < 1.29 is 49.3 Å².